The third-order valence-corrected chi connectivity index (χ3v) is 4.11. The highest BCUT2D eigenvalue weighted by molar-refractivity contribution is 5.24. The van der Waals surface area contributed by atoms with Gasteiger partial charge in [0.25, 0.3) is 0 Å². The van der Waals surface area contributed by atoms with Gasteiger partial charge in [-0.05, 0) is 24.0 Å². The second-order valence-electron chi connectivity index (χ2n) is 5.72. The Hall–Kier alpha value is -0.860. The smallest absolute Gasteiger partial charge is 0.106 e. The maximum Gasteiger partial charge on any atom is 0.106 e. The van der Waals surface area contributed by atoms with Crippen LogP contribution in [0.15, 0.2) is 24.3 Å². The van der Waals surface area contributed by atoms with Crippen molar-refractivity contribution in [2.45, 2.75) is 64.6 Å². The van der Waals surface area contributed by atoms with E-state index in [0.717, 1.165) is 19.4 Å². The Kier molecular flexibility index (Phi) is 6.55. The fourth-order valence-electron chi connectivity index (χ4n) is 2.67. The summed E-state index contributed by atoms with van der Waals surface area (Å²) in [7, 11) is 0. The first kappa shape index (κ1) is 15.5. The van der Waals surface area contributed by atoms with E-state index in [0.29, 0.717) is 12.7 Å². The minimum atomic E-state index is 0.118. The van der Waals surface area contributed by atoms with Crippen molar-refractivity contribution < 1.29 is 9.47 Å². The van der Waals surface area contributed by atoms with Crippen LogP contribution < -0.4 is 0 Å². The summed E-state index contributed by atoms with van der Waals surface area (Å²) >= 11 is 0. The quantitative estimate of drug-likeness (QED) is 0.673. The molecule has 20 heavy (non-hydrogen) atoms. The summed E-state index contributed by atoms with van der Waals surface area (Å²) in [5, 5.41) is 0. The Labute approximate surface area is 123 Å². The fourth-order valence-corrected chi connectivity index (χ4v) is 2.67. The highest BCUT2D eigenvalue weighted by atomic mass is 16.6. The van der Waals surface area contributed by atoms with E-state index in [1.54, 1.807) is 0 Å². The molecule has 0 unspecified atom stereocenters. The number of unbranched alkanes of at least 4 members (excludes halogenated alkanes) is 3. The fraction of sp³-hybridized carbons (Fsp3) is 0.667. The van der Waals surface area contributed by atoms with Crippen LogP contribution in [0.5, 0.6) is 0 Å². The second-order valence-corrected chi connectivity index (χ2v) is 5.72. The van der Waals surface area contributed by atoms with Crippen molar-refractivity contribution >= 4 is 0 Å². The van der Waals surface area contributed by atoms with E-state index in [1.807, 2.05) is 0 Å². The van der Waals surface area contributed by atoms with Crippen LogP contribution in [0, 0.1) is 0 Å². The van der Waals surface area contributed by atoms with Gasteiger partial charge in [0, 0.05) is 0 Å². The van der Waals surface area contributed by atoms with E-state index in [4.69, 9.17) is 9.47 Å². The molecule has 1 saturated heterocycles. The van der Waals surface area contributed by atoms with Crippen molar-refractivity contribution in [3.63, 3.8) is 0 Å². The van der Waals surface area contributed by atoms with Crippen molar-refractivity contribution in [1.82, 2.24) is 0 Å². The molecule has 1 aliphatic heterocycles. The maximum atomic E-state index is 5.98. The van der Waals surface area contributed by atoms with Gasteiger partial charge in [0.2, 0.25) is 0 Å². The predicted molar refractivity (Wildman–Crippen MR) is 83.0 cm³/mol. The van der Waals surface area contributed by atoms with Gasteiger partial charge in [0.1, 0.15) is 6.10 Å². The van der Waals surface area contributed by atoms with Gasteiger partial charge in [-0.3, -0.25) is 0 Å². The Bertz CT molecular complexity index is 364. The van der Waals surface area contributed by atoms with E-state index in [-0.39, 0.29) is 6.10 Å². The average Bonchev–Trinajstić information content (AvgIpc) is 2.52. The molecule has 0 aromatic heterocycles. The van der Waals surface area contributed by atoms with Crippen molar-refractivity contribution in [3.8, 4) is 0 Å². The van der Waals surface area contributed by atoms with Crippen LogP contribution in [0.2, 0.25) is 0 Å². The predicted octanol–water partition coefficient (Wildman–Crippen LogP) is 4.68. The number of rotatable bonds is 7. The van der Waals surface area contributed by atoms with E-state index >= 15 is 0 Å². The third-order valence-electron chi connectivity index (χ3n) is 4.11. The summed E-state index contributed by atoms with van der Waals surface area (Å²) in [6, 6.07) is 8.73. The second kappa shape index (κ2) is 8.43. The molecule has 1 fully saturated rings. The molecule has 0 aliphatic carbocycles. The van der Waals surface area contributed by atoms with Crippen LogP contribution in [0.1, 0.15) is 63.2 Å². The molecule has 2 rings (SSSR count). The van der Waals surface area contributed by atoms with Crippen molar-refractivity contribution in [2.24, 2.45) is 0 Å². The molecule has 1 heterocycles. The van der Waals surface area contributed by atoms with Crippen LogP contribution in [-0.2, 0) is 15.9 Å². The molecule has 0 amide bonds. The van der Waals surface area contributed by atoms with E-state index in [9.17, 15) is 0 Å². The molecular formula is C18H28O2. The highest BCUT2D eigenvalue weighted by Gasteiger charge is 2.23. The zero-order valence-corrected chi connectivity index (χ0v) is 12.9. The van der Waals surface area contributed by atoms with E-state index in [2.05, 4.69) is 38.1 Å². The van der Waals surface area contributed by atoms with E-state index < -0.39 is 0 Å². The molecular weight excluding hydrogens is 248 g/mol. The molecule has 112 valence electrons. The molecule has 0 radical (unpaired) electrons. The van der Waals surface area contributed by atoms with Crippen molar-refractivity contribution in [3.05, 3.63) is 35.4 Å². The first-order valence-electron chi connectivity index (χ1n) is 8.15. The molecule has 2 nitrogen and oxygen atoms in total. The molecule has 0 N–H and O–H groups in total. The Morgan fingerprint density at radius 2 is 1.75 bits per heavy atom. The molecule has 2 atom stereocenters. The first-order valence-corrected chi connectivity index (χ1v) is 8.15. The highest BCUT2D eigenvalue weighted by Crippen LogP contribution is 2.25. The van der Waals surface area contributed by atoms with Crippen LogP contribution in [0.4, 0.5) is 0 Å². The SMILES string of the molecule is CCCCCC[C@@H]1CO[C@@H](c2ccc(CC)cc2)CO1. The van der Waals surface area contributed by atoms with Crippen LogP contribution in [0.3, 0.4) is 0 Å². The van der Waals surface area contributed by atoms with Crippen LogP contribution >= 0.6 is 0 Å². The summed E-state index contributed by atoms with van der Waals surface area (Å²) in [6.07, 6.45) is 7.85. The lowest BCUT2D eigenvalue weighted by atomic mass is 10.0. The minimum absolute atomic E-state index is 0.118. The van der Waals surface area contributed by atoms with Crippen LogP contribution in [-0.4, -0.2) is 19.3 Å². The summed E-state index contributed by atoms with van der Waals surface area (Å²) in [5.41, 5.74) is 2.62. The summed E-state index contributed by atoms with van der Waals surface area (Å²) < 4.78 is 11.9. The van der Waals surface area contributed by atoms with Gasteiger partial charge in [-0.2, -0.15) is 0 Å². The average molecular weight is 276 g/mol. The van der Waals surface area contributed by atoms with Crippen LogP contribution in [0.25, 0.3) is 0 Å². The van der Waals surface area contributed by atoms with Gasteiger partial charge in [-0.1, -0.05) is 63.8 Å². The van der Waals surface area contributed by atoms with Gasteiger partial charge < -0.3 is 9.47 Å². The zero-order valence-electron chi connectivity index (χ0n) is 12.9. The maximum absolute atomic E-state index is 5.98. The Balaban J connectivity index is 1.73. The lowest BCUT2D eigenvalue weighted by Crippen LogP contribution is -2.31. The number of hydrogen-bond donors (Lipinski definition) is 0. The molecule has 1 aliphatic rings. The standard InChI is InChI=1S/C18H28O2/c1-3-5-6-7-8-17-13-20-18(14-19-17)16-11-9-15(4-2)10-12-16/h9-12,17-18H,3-8,13-14H2,1-2H3/t17-,18-/m1/s1. The topological polar surface area (TPSA) is 18.5 Å². The number of benzene rings is 1. The van der Waals surface area contributed by atoms with Crippen molar-refractivity contribution in [1.29, 1.82) is 0 Å². The lowest BCUT2D eigenvalue weighted by molar-refractivity contribution is -0.137. The Morgan fingerprint density at radius 1 is 0.950 bits per heavy atom. The van der Waals surface area contributed by atoms with Crippen molar-refractivity contribution in [2.75, 3.05) is 13.2 Å². The number of aryl methyl sites for hydroxylation is 1. The minimum Gasteiger partial charge on any atom is -0.373 e. The van der Waals surface area contributed by atoms with Gasteiger partial charge in [0.05, 0.1) is 19.3 Å². The van der Waals surface area contributed by atoms with Gasteiger partial charge in [0.15, 0.2) is 0 Å². The Morgan fingerprint density at radius 3 is 2.35 bits per heavy atom. The number of ether oxygens (including phenoxy) is 2. The molecule has 0 saturated carbocycles. The lowest BCUT2D eigenvalue weighted by Gasteiger charge is -2.30. The summed E-state index contributed by atoms with van der Waals surface area (Å²) in [4.78, 5) is 0. The summed E-state index contributed by atoms with van der Waals surface area (Å²) in [6.45, 7) is 5.86. The molecule has 1 aromatic rings. The monoisotopic (exact) mass is 276 g/mol. The normalized spacial score (nSPS) is 22.9. The molecule has 1 aromatic carbocycles. The zero-order chi connectivity index (χ0) is 14.2. The molecule has 0 bridgehead atoms. The number of hydrogen-bond acceptors (Lipinski definition) is 2. The van der Waals surface area contributed by atoms with E-state index in [1.165, 1.54) is 36.8 Å². The largest absolute Gasteiger partial charge is 0.373 e. The molecule has 0 spiro atoms. The first-order chi connectivity index (χ1) is 9.83. The van der Waals surface area contributed by atoms with Gasteiger partial charge in [-0.25, -0.2) is 0 Å². The third kappa shape index (κ3) is 4.60. The molecule has 2 heteroatoms. The van der Waals surface area contributed by atoms with Gasteiger partial charge >= 0.3 is 0 Å². The van der Waals surface area contributed by atoms with Gasteiger partial charge in [-0.15, -0.1) is 0 Å². The summed E-state index contributed by atoms with van der Waals surface area (Å²) in [5.74, 6) is 0.